The van der Waals surface area contributed by atoms with E-state index < -0.39 is 5.60 Å². The van der Waals surface area contributed by atoms with Gasteiger partial charge in [0.05, 0.1) is 5.69 Å². The quantitative estimate of drug-likeness (QED) is 0.767. The van der Waals surface area contributed by atoms with Crippen molar-refractivity contribution in [3.8, 4) is 0 Å². The molecule has 17 heavy (non-hydrogen) atoms. The molecule has 3 N–H and O–H groups in total. The van der Waals surface area contributed by atoms with E-state index in [1.807, 2.05) is 0 Å². The summed E-state index contributed by atoms with van der Waals surface area (Å²) >= 11 is 0. The molecule has 0 spiro atoms. The van der Waals surface area contributed by atoms with E-state index in [0.29, 0.717) is 37.6 Å². The summed E-state index contributed by atoms with van der Waals surface area (Å²) in [4.78, 5) is 18.6. The standard InChI is InChI=1S/C11H17N3O3/c1-16-11(2-4-17-5-3-11)10-13-8(7-12)6-9(15)14-10/h6H,2-5,7,12H2,1H3,(H,13,14,15). The Morgan fingerprint density at radius 3 is 2.88 bits per heavy atom. The molecule has 1 aliphatic rings. The minimum absolute atomic E-state index is 0.196. The van der Waals surface area contributed by atoms with E-state index in [2.05, 4.69) is 9.97 Å². The van der Waals surface area contributed by atoms with Gasteiger partial charge in [0, 0.05) is 45.8 Å². The maximum absolute atomic E-state index is 11.5. The second kappa shape index (κ2) is 4.95. The highest BCUT2D eigenvalue weighted by molar-refractivity contribution is 5.09. The normalized spacial score (nSPS) is 19.2. The van der Waals surface area contributed by atoms with Gasteiger partial charge >= 0.3 is 0 Å². The Hall–Kier alpha value is -1.24. The number of nitrogens with one attached hydrogen (secondary N) is 1. The van der Waals surface area contributed by atoms with Gasteiger partial charge in [-0.05, 0) is 0 Å². The van der Waals surface area contributed by atoms with Gasteiger partial charge in [0.1, 0.15) is 11.4 Å². The van der Waals surface area contributed by atoms with Crippen LogP contribution in [0, 0.1) is 0 Å². The van der Waals surface area contributed by atoms with Gasteiger partial charge in [0.15, 0.2) is 0 Å². The molecule has 0 amide bonds. The lowest BCUT2D eigenvalue weighted by Gasteiger charge is -2.34. The van der Waals surface area contributed by atoms with Gasteiger partial charge in [-0.3, -0.25) is 4.79 Å². The number of methoxy groups -OCH3 is 1. The van der Waals surface area contributed by atoms with Crippen molar-refractivity contribution in [2.75, 3.05) is 20.3 Å². The highest BCUT2D eigenvalue weighted by Gasteiger charge is 2.37. The minimum Gasteiger partial charge on any atom is -0.381 e. The summed E-state index contributed by atoms with van der Waals surface area (Å²) in [5.41, 5.74) is 5.35. The second-order valence-corrected chi connectivity index (χ2v) is 4.10. The number of rotatable bonds is 3. The van der Waals surface area contributed by atoms with Crippen molar-refractivity contribution in [2.24, 2.45) is 5.73 Å². The van der Waals surface area contributed by atoms with Gasteiger partial charge in [-0.15, -0.1) is 0 Å². The van der Waals surface area contributed by atoms with Crippen LogP contribution < -0.4 is 11.3 Å². The molecule has 1 fully saturated rings. The SMILES string of the molecule is COC1(c2nc(CN)cc(=O)[nH]2)CCOCC1. The highest BCUT2D eigenvalue weighted by Crippen LogP contribution is 2.32. The van der Waals surface area contributed by atoms with Crippen LogP contribution in [0.1, 0.15) is 24.4 Å². The van der Waals surface area contributed by atoms with Crippen LogP contribution in [0.15, 0.2) is 10.9 Å². The maximum Gasteiger partial charge on any atom is 0.251 e. The van der Waals surface area contributed by atoms with Crippen molar-refractivity contribution in [3.05, 3.63) is 27.9 Å². The third-order valence-corrected chi connectivity index (χ3v) is 3.13. The first-order chi connectivity index (χ1) is 8.20. The molecule has 1 saturated heterocycles. The number of hydrogen-bond acceptors (Lipinski definition) is 5. The number of H-pyrrole nitrogens is 1. The molecule has 0 radical (unpaired) electrons. The molecule has 2 heterocycles. The predicted octanol–water partition coefficient (Wildman–Crippen LogP) is -0.119. The number of hydrogen-bond donors (Lipinski definition) is 2. The fourth-order valence-corrected chi connectivity index (χ4v) is 2.07. The van der Waals surface area contributed by atoms with Gasteiger partial charge in [-0.2, -0.15) is 0 Å². The number of nitrogens with two attached hydrogens (primary N) is 1. The fourth-order valence-electron chi connectivity index (χ4n) is 2.07. The predicted molar refractivity (Wildman–Crippen MR) is 61.5 cm³/mol. The molecular weight excluding hydrogens is 222 g/mol. The lowest BCUT2D eigenvalue weighted by atomic mass is 9.93. The van der Waals surface area contributed by atoms with E-state index in [9.17, 15) is 4.79 Å². The van der Waals surface area contributed by atoms with Gasteiger partial charge in [0.2, 0.25) is 0 Å². The molecule has 0 bridgehead atoms. The molecule has 94 valence electrons. The van der Waals surface area contributed by atoms with Gasteiger partial charge in [-0.1, -0.05) is 0 Å². The van der Waals surface area contributed by atoms with E-state index in [4.69, 9.17) is 15.2 Å². The molecule has 0 aliphatic carbocycles. The lowest BCUT2D eigenvalue weighted by molar-refractivity contribution is -0.100. The van der Waals surface area contributed by atoms with Gasteiger partial charge < -0.3 is 20.2 Å². The first kappa shape index (κ1) is 12.2. The Bertz CT molecular complexity index is 438. The summed E-state index contributed by atoms with van der Waals surface area (Å²) in [6, 6.07) is 1.41. The molecule has 2 rings (SSSR count). The Morgan fingerprint density at radius 2 is 2.29 bits per heavy atom. The summed E-state index contributed by atoms with van der Waals surface area (Å²) in [6.07, 6.45) is 1.36. The van der Waals surface area contributed by atoms with Crippen LogP contribution in [0.5, 0.6) is 0 Å². The van der Waals surface area contributed by atoms with Crippen LogP contribution in [0.4, 0.5) is 0 Å². The largest absolute Gasteiger partial charge is 0.381 e. The van der Waals surface area contributed by atoms with Crippen molar-refractivity contribution in [2.45, 2.75) is 25.0 Å². The Labute approximate surface area is 99.1 Å². The van der Waals surface area contributed by atoms with Crippen molar-refractivity contribution in [1.29, 1.82) is 0 Å². The van der Waals surface area contributed by atoms with E-state index in [-0.39, 0.29) is 12.1 Å². The third kappa shape index (κ3) is 2.38. The highest BCUT2D eigenvalue weighted by atomic mass is 16.5. The topological polar surface area (TPSA) is 90.2 Å². The Morgan fingerprint density at radius 1 is 1.59 bits per heavy atom. The van der Waals surface area contributed by atoms with Crippen LogP contribution in [0.25, 0.3) is 0 Å². The minimum atomic E-state index is -0.553. The van der Waals surface area contributed by atoms with Crippen LogP contribution in [-0.2, 0) is 21.6 Å². The second-order valence-electron chi connectivity index (χ2n) is 4.10. The van der Waals surface area contributed by atoms with E-state index >= 15 is 0 Å². The van der Waals surface area contributed by atoms with E-state index in [1.165, 1.54) is 6.07 Å². The van der Waals surface area contributed by atoms with Crippen LogP contribution in [-0.4, -0.2) is 30.3 Å². The molecule has 0 aromatic carbocycles. The number of ether oxygens (including phenoxy) is 2. The van der Waals surface area contributed by atoms with Gasteiger partial charge in [0.25, 0.3) is 5.56 Å². The van der Waals surface area contributed by atoms with Crippen molar-refractivity contribution in [1.82, 2.24) is 9.97 Å². The number of aromatic nitrogens is 2. The van der Waals surface area contributed by atoms with Crippen LogP contribution in [0.2, 0.25) is 0 Å². The Balaban J connectivity index is 2.42. The van der Waals surface area contributed by atoms with Crippen molar-refractivity contribution in [3.63, 3.8) is 0 Å². The molecule has 6 nitrogen and oxygen atoms in total. The summed E-state index contributed by atoms with van der Waals surface area (Å²) in [6.45, 7) is 1.45. The van der Waals surface area contributed by atoms with Gasteiger partial charge in [-0.25, -0.2) is 4.98 Å². The molecule has 6 heteroatoms. The average molecular weight is 239 g/mol. The molecule has 1 aromatic heterocycles. The van der Waals surface area contributed by atoms with Crippen molar-refractivity contribution >= 4 is 0 Å². The number of aromatic amines is 1. The molecule has 0 atom stereocenters. The molecule has 0 unspecified atom stereocenters. The zero-order valence-electron chi connectivity index (χ0n) is 9.86. The third-order valence-electron chi connectivity index (χ3n) is 3.13. The van der Waals surface area contributed by atoms with E-state index in [0.717, 1.165) is 0 Å². The fraction of sp³-hybridized carbons (Fsp3) is 0.636. The first-order valence-corrected chi connectivity index (χ1v) is 5.64. The molecule has 1 aliphatic heterocycles. The zero-order chi connectivity index (χ0) is 12.3. The first-order valence-electron chi connectivity index (χ1n) is 5.64. The summed E-state index contributed by atoms with van der Waals surface area (Å²) in [7, 11) is 1.63. The molecule has 1 aromatic rings. The van der Waals surface area contributed by atoms with E-state index in [1.54, 1.807) is 7.11 Å². The summed E-state index contributed by atoms with van der Waals surface area (Å²) in [5, 5.41) is 0. The molecule has 0 saturated carbocycles. The lowest BCUT2D eigenvalue weighted by Crippen LogP contribution is -2.39. The summed E-state index contributed by atoms with van der Waals surface area (Å²) < 4.78 is 10.9. The molecular formula is C11H17N3O3. The van der Waals surface area contributed by atoms with Crippen LogP contribution >= 0.6 is 0 Å². The average Bonchev–Trinajstić information content (AvgIpc) is 2.38. The zero-order valence-corrected chi connectivity index (χ0v) is 9.86. The summed E-state index contributed by atoms with van der Waals surface area (Å²) in [5.74, 6) is 0.552. The van der Waals surface area contributed by atoms with Crippen LogP contribution in [0.3, 0.4) is 0 Å². The smallest absolute Gasteiger partial charge is 0.251 e. The Kier molecular flexibility index (Phi) is 3.56. The monoisotopic (exact) mass is 239 g/mol. The maximum atomic E-state index is 11.5. The van der Waals surface area contributed by atoms with Crippen molar-refractivity contribution < 1.29 is 9.47 Å². The number of nitrogens with zero attached hydrogens (tertiary/aromatic N) is 1.